The molecule has 0 bridgehead atoms. The van der Waals surface area contributed by atoms with Crippen LogP contribution in [0.2, 0.25) is 0 Å². The van der Waals surface area contributed by atoms with Crippen molar-refractivity contribution in [1.29, 1.82) is 0 Å². The van der Waals surface area contributed by atoms with E-state index >= 15 is 0 Å². The van der Waals surface area contributed by atoms with Gasteiger partial charge in [-0.1, -0.05) is 30.3 Å². The first-order valence-corrected chi connectivity index (χ1v) is 8.91. The van der Waals surface area contributed by atoms with Gasteiger partial charge in [-0.3, -0.25) is 4.90 Å². The summed E-state index contributed by atoms with van der Waals surface area (Å²) >= 11 is 0. The number of halogens is 1. The van der Waals surface area contributed by atoms with E-state index < -0.39 is 5.82 Å². The maximum atomic E-state index is 13.2. The molecule has 0 unspecified atom stereocenters. The molecule has 2 atom stereocenters. The Balaban J connectivity index is 1.60. The van der Waals surface area contributed by atoms with E-state index in [1.54, 1.807) is 0 Å². The van der Waals surface area contributed by atoms with Crippen LogP contribution in [0.3, 0.4) is 0 Å². The van der Waals surface area contributed by atoms with Gasteiger partial charge in [-0.15, -0.1) is 0 Å². The molecule has 2 fully saturated rings. The van der Waals surface area contributed by atoms with Crippen molar-refractivity contribution in [2.45, 2.75) is 24.9 Å². The molecule has 25 heavy (non-hydrogen) atoms. The monoisotopic (exact) mass is 342 g/mol. The molecule has 2 saturated heterocycles. The third-order valence-corrected chi connectivity index (χ3v) is 5.18. The third kappa shape index (κ3) is 3.65. The molecule has 0 spiro atoms. The second kappa shape index (κ2) is 7.45. The molecular weight excluding hydrogens is 319 g/mol. The summed E-state index contributed by atoms with van der Waals surface area (Å²) in [5, 5.41) is 0. The molecule has 2 aromatic rings. The first-order chi connectivity index (χ1) is 12.3. The lowest BCUT2D eigenvalue weighted by atomic mass is 9.98. The molecule has 132 valence electrons. The quantitative estimate of drug-likeness (QED) is 0.852. The Morgan fingerprint density at radius 3 is 2.48 bits per heavy atom. The molecule has 1 aromatic heterocycles. The highest BCUT2D eigenvalue weighted by atomic mass is 19.1. The fraction of sp³-hybridized carbons (Fsp3) is 0.474. The molecule has 2 aliphatic rings. The molecule has 0 amide bonds. The van der Waals surface area contributed by atoms with Crippen molar-refractivity contribution >= 4 is 5.95 Å². The summed E-state index contributed by atoms with van der Waals surface area (Å²) in [5.74, 6) is 0.227. The molecule has 0 aliphatic carbocycles. The molecule has 3 heterocycles. The highest BCUT2D eigenvalue weighted by molar-refractivity contribution is 5.36. The van der Waals surface area contributed by atoms with Gasteiger partial charge in [0.1, 0.15) is 0 Å². The van der Waals surface area contributed by atoms with E-state index in [9.17, 15) is 4.39 Å². The molecule has 4 rings (SSSR count). The van der Waals surface area contributed by atoms with Gasteiger partial charge in [0.2, 0.25) is 5.95 Å². The number of hydrogen-bond acceptors (Lipinski definition) is 5. The number of aromatic nitrogens is 2. The lowest BCUT2D eigenvalue weighted by molar-refractivity contribution is 0.0149. The average Bonchev–Trinajstić information content (AvgIpc) is 3.07. The maximum Gasteiger partial charge on any atom is 0.225 e. The summed E-state index contributed by atoms with van der Waals surface area (Å²) in [5.41, 5.74) is 1.31. The molecule has 0 radical (unpaired) electrons. The zero-order valence-electron chi connectivity index (χ0n) is 14.2. The minimum atomic E-state index is -0.396. The Kier molecular flexibility index (Phi) is 4.90. The SMILES string of the molecule is Fc1cnc(N2CC[C@H](N3CCOCC3)[C@H]2Cc2ccccc2)nc1. The lowest BCUT2D eigenvalue weighted by Gasteiger charge is -2.37. The normalized spacial score (nSPS) is 24.6. The van der Waals surface area contributed by atoms with Gasteiger partial charge in [-0.2, -0.15) is 0 Å². The van der Waals surface area contributed by atoms with Gasteiger partial charge in [0.15, 0.2) is 5.82 Å². The van der Waals surface area contributed by atoms with E-state index in [1.165, 1.54) is 18.0 Å². The number of anilines is 1. The summed E-state index contributed by atoms with van der Waals surface area (Å²) in [6.07, 6.45) is 4.51. The highest BCUT2D eigenvalue weighted by Crippen LogP contribution is 2.29. The number of rotatable bonds is 4. The van der Waals surface area contributed by atoms with E-state index in [-0.39, 0.29) is 6.04 Å². The smallest absolute Gasteiger partial charge is 0.225 e. The second-order valence-corrected chi connectivity index (χ2v) is 6.66. The Hall–Kier alpha value is -2.05. The topological polar surface area (TPSA) is 41.5 Å². The zero-order valence-corrected chi connectivity index (χ0v) is 14.2. The van der Waals surface area contributed by atoms with Crippen molar-refractivity contribution < 1.29 is 9.13 Å². The van der Waals surface area contributed by atoms with Crippen LogP contribution in [0.1, 0.15) is 12.0 Å². The number of morpholine rings is 1. The van der Waals surface area contributed by atoms with Gasteiger partial charge in [0, 0.05) is 25.7 Å². The van der Waals surface area contributed by atoms with Crippen LogP contribution in [0.5, 0.6) is 0 Å². The summed E-state index contributed by atoms with van der Waals surface area (Å²) in [6.45, 7) is 4.41. The van der Waals surface area contributed by atoms with Gasteiger partial charge in [-0.25, -0.2) is 14.4 Å². The van der Waals surface area contributed by atoms with Crippen LogP contribution in [0, 0.1) is 5.82 Å². The highest BCUT2D eigenvalue weighted by Gasteiger charge is 2.39. The van der Waals surface area contributed by atoms with Crippen molar-refractivity contribution in [2.75, 3.05) is 37.7 Å². The lowest BCUT2D eigenvalue weighted by Crippen LogP contribution is -2.50. The van der Waals surface area contributed by atoms with Crippen LogP contribution in [-0.4, -0.2) is 59.8 Å². The fourth-order valence-electron chi connectivity index (χ4n) is 3.98. The molecule has 0 saturated carbocycles. The minimum absolute atomic E-state index is 0.283. The molecule has 6 heteroatoms. The van der Waals surface area contributed by atoms with Crippen LogP contribution in [-0.2, 0) is 11.2 Å². The zero-order chi connectivity index (χ0) is 17.1. The van der Waals surface area contributed by atoms with Crippen LogP contribution in [0.15, 0.2) is 42.7 Å². The fourth-order valence-corrected chi connectivity index (χ4v) is 3.98. The Labute approximate surface area is 147 Å². The summed E-state index contributed by atoms with van der Waals surface area (Å²) in [4.78, 5) is 13.2. The van der Waals surface area contributed by atoms with Crippen LogP contribution in [0.4, 0.5) is 10.3 Å². The van der Waals surface area contributed by atoms with Crippen molar-refractivity contribution in [3.63, 3.8) is 0 Å². The van der Waals surface area contributed by atoms with Crippen LogP contribution < -0.4 is 4.90 Å². The van der Waals surface area contributed by atoms with E-state index in [4.69, 9.17) is 4.74 Å². The Morgan fingerprint density at radius 2 is 1.76 bits per heavy atom. The molecule has 2 aliphatic heterocycles. The number of benzene rings is 1. The van der Waals surface area contributed by atoms with Gasteiger partial charge >= 0.3 is 0 Å². The van der Waals surface area contributed by atoms with E-state index in [1.807, 2.05) is 6.07 Å². The standard InChI is InChI=1S/C19H23FN4O/c20-16-13-21-19(22-14-16)24-7-6-17(23-8-10-25-11-9-23)18(24)12-15-4-2-1-3-5-15/h1-5,13-14,17-18H,6-12H2/t17-,18+/m0/s1. The molecule has 5 nitrogen and oxygen atoms in total. The number of hydrogen-bond donors (Lipinski definition) is 0. The predicted molar refractivity (Wildman–Crippen MR) is 94.1 cm³/mol. The predicted octanol–water partition coefficient (Wildman–Crippen LogP) is 2.14. The second-order valence-electron chi connectivity index (χ2n) is 6.66. The third-order valence-electron chi connectivity index (χ3n) is 5.18. The summed E-state index contributed by atoms with van der Waals surface area (Å²) in [7, 11) is 0. The van der Waals surface area contributed by atoms with E-state index in [0.29, 0.717) is 12.0 Å². The van der Waals surface area contributed by atoms with Crippen LogP contribution in [0.25, 0.3) is 0 Å². The van der Waals surface area contributed by atoms with Crippen molar-refractivity contribution in [3.05, 3.63) is 54.1 Å². The van der Waals surface area contributed by atoms with Gasteiger partial charge in [-0.05, 0) is 18.4 Å². The Bertz CT molecular complexity index is 676. The summed E-state index contributed by atoms with van der Waals surface area (Å²) in [6, 6.07) is 11.2. The molecule has 1 aromatic carbocycles. The van der Waals surface area contributed by atoms with Crippen LogP contribution >= 0.6 is 0 Å². The Morgan fingerprint density at radius 1 is 1.04 bits per heavy atom. The van der Waals surface area contributed by atoms with Crippen molar-refractivity contribution in [1.82, 2.24) is 14.9 Å². The van der Waals surface area contributed by atoms with E-state index in [0.717, 1.165) is 45.7 Å². The van der Waals surface area contributed by atoms with Gasteiger partial charge < -0.3 is 9.64 Å². The average molecular weight is 342 g/mol. The summed E-state index contributed by atoms with van der Waals surface area (Å²) < 4.78 is 18.7. The maximum absolute atomic E-state index is 13.2. The number of ether oxygens (including phenoxy) is 1. The van der Waals surface area contributed by atoms with Crippen molar-refractivity contribution in [2.24, 2.45) is 0 Å². The minimum Gasteiger partial charge on any atom is -0.379 e. The first kappa shape index (κ1) is 16.4. The largest absolute Gasteiger partial charge is 0.379 e. The first-order valence-electron chi connectivity index (χ1n) is 8.91. The van der Waals surface area contributed by atoms with Gasteiger partial charge in [0.25, 0.3) is 0 Å². The van der Waals surface area contributed by atoms with Crippen molar-refractivity contribution in [3.8, 4) is 0 Å². The van der Waals surface area contributed by atoms with E-state index in [2.05, 4.69) is 44.0 Å². The van der Waals surface area contributed by atoms with Gasteiger partial charge in [0.05, 0.1) is 31.6 Å². The molecule has 0 N–H and O–H groups in total. The molecular formula is C19H23FN4O. The number of nitrogens with zero attached hydrogens (tertiary/aromatic N) is 4.